The fourth-order valence-electron chi connectivity index (χ4n) is 3.76. The molecule has 0 spiro atoms. The van der Waals surface area contributed by atoms with Crippen LogP contribution in [0.1, 0.15) is 19.3 Å². The summed E-state index contributed by atoms with van der Waals surface area (Å²) in [5.74, 6) is 2.06. The van der Waals surface area contributed by atoms with Gasteiger partial charge in [0, 0.05) is 19.1 Å². The van der Waals surface area contributed by atoms with Crippen LogP contribution in [0.3, 0.4) is 0 Å². The van der Waals surface area contributed by atoms with Gasteiger partial charge in [-0.15, -0.1) is 0 Å². The third-order valence-corrected chi connectivity index (χ3v) is 4.82. The molecule has 1 saturated carbocycles. The molecule has 2 aliphatic rings. The molecular formula is C15H19FN4. The Bertz CT molecular complexity index is 638. The molecule has 0 bridgehead atoms. The predicted octanol–water partition coefficient (Wildman–Crippen LogP) is 2.27. The first-order chi connectivity index (χ1) is 9.69. The van der Waals surface area contributed by atoms with Crippen LogP contribution in [0.4, 0.5) is 10.3 Å². The van der Waals surface area contributed by atoms with Crippen molar-refractivity contribution in [2.75, 3.05) is 18.0 Å². The number of imidazole rings is 1. The van der Waals surface area contributed by atoms with Crippen LogP contribution >= 0.6 is 0 Å². The summed E-state index contributed by atoms with van der Waals surface area (Å²) in [6.07, 6.45) is 3.48. The molecule has 1 aromatic carbocycles. The zero-order valence-electron chi connectivity index (χ0n) is 11.3. The fraction of sp³-hybridized carbons (Fsp3) is 0.533. The topological polar surface area (TPSA) is 57.9 Å². The molecular weight excluding hydrogens is 255 g/mol. The average Bonchev–Trinajstić information content (AvgIpc) is 3.00. The molecule has 1 aliphatic carbocycles. The number of halogens is 1. The lowest BCUT2D eigenvalue weighted by Crippen LogP contribution is -2.32. The molecule has 2 aromatic rings. The summed E-state index contributed by atoms with van der Waals surface area (Å²) in [6.45, 7) is 2.06. The second-order valence-corrected chi connectivity index (χ2v) is 6.22. The van der Waals surface area contributed by atoms with Gasteiger partial charge in [-0.3, -0.25) is 0 Å². The zero-order chi connectivity index (χ0) is 13.7. The normalized spacial score (nSPS) is 29.9. The summed E-state index contributed by atoms with van der Waals surface area (Å²) in [6, 6.07) is 5.05. The molecule has 106 valence electrons. The molecule has 4 rings (SSSR count). The van der Waals surface area contributed by atoms with Gasteiger partial charge in [0.05, 0.1) is 11.0 Å². The largest absolute Gasteiger partial charge is 0.342 e. The smallest absolute Gasteiger partial charge is 0.203 e. The van der Waals surface area contributed by atoms with E-state index in [-0.39, 0.29) is 5.82 Å². The Morgan fingerprint density at radius 3 is 3.00 bits per heavy atom. The SMILES string of the molecule is NC1CC[C@@H]2CN(c3nc4ccc(F)cc4[nH]3)C[C@@H]2C1. The van der Waals surface area contributed by atoms with Gasteiger partial charge < -0.3 is 15.6 Å². The van der Waals surface area contributed by atoms with Crippen molar-refractivity contribution in [2.45, 2.75) is 25.3 Å². The average molecular weight is 274 g/mol. The van der Waals surface area contributed by atoms with Crippen LogP contribution in [0, 0.1) is 17.7 Å². The summed E-state index contributed by atoms with van der Waals surface area (Å²) in [5, 5.41) is 0. The van der Waals surface area contributed by atoms with E-state index < -0.39 is 0 Å². The minimum absolute atomic E-state index is 0.228. The number of nitrogens with two attached hydrogens (primary N) is 1. The summed E-state index contributed by atoms with van der Waals surface area (Å²) < 4.78 is 13.2. The lowest BCUT2D eigenvalue weighted by Gasteiger charge is -2.27. The van der Waals surface area contributed by atoms with E-state index >= 15 is 0 Å². The number of fused-ring (bicyclic) bond motifs is 2. The summed E-state index contributed by atoms with van der Waals surface area (Å²) in [7, 11) is 0. The molecule has 1 unspecified atom stereocenters. The van der Waals surface area contributed by atoms with E-state index in [0.717, 1.165) is 48.8 Å². The third-order valence-electron chi connectivity index (χ3n) is 4.82. The van der Waals surface area contributed by atoms with E-state index in [1.807, 2.05) is 0 Å². The number of rotatable bonds is 1. The summed E-state index contributed by atoms with van der Waals surface area (Å²) >= 11 is 0. The Balaban J connectivity index is 1.60. The molecule has 5 heteroatoms. The van der Waals surface area contributed by atoms with Crippen molar-refractivity contribution >= 4 is 17.0 Å². The van der Waals surface area contributed by atoms with Crippen LogP contribution < -0.4 is 10.6 Å². The van der Waals surface area contributed by atoms with Crippen molar-refractivity contribution in [3.05, 3.63) is 24.0 Å². The monoisotopic (exact) mass is 274 g/mol. The molecule has 1 aromatic heterocycles. The molecule has 2 fully saturated rings. The van der Waals surface area contributed by atoms with Crippen molar-refractivity contribution in [3.8, 4) is 0 Å². The van der Waals surface area contributed by atoms with Crippen molar-refractivity contribution in [3.63, 3.8) is 0 Å². The maximum atomic E-state index is 13.2. The van der Waals surface area contributed by atoms with Gasteiger partial charge in [-0.2, -0.15) is 0 Å². The standard InChI is InChI=1S/C15H19FN4/c16-11-2-4-13-14(6-11)19-15(18-13)20-7-9-1-3-12(17)5-10(9)8-20/h2,4,6,9-10,12H,1,3,5,7-8,17H2,(H,18,19)/t9-,10+,12?/m1/s1. The van der Waals surface area contributed by atoms with Crippen LogP contribution in [0.2, 0.25) is 0 Å². The van der Waals surface area contributed by atoms with Crippen LogP contribution in [0.5, 0.6) is 0 Å². The molecule has 4 nitrogen and oxygen atoms in total. The Morgan fingerprint density at radius 1 is 1.25 bits per heavy atom. The molecule has 20 heavy (non-hydrogen) atoms. The molecule has 2 heterocycles. The van der Waals surface area contributed by atoms with Gasteiger partial charge in [0.15, 0.2) is 0 Å². The highest BCUT2D eigenvalue weighted by Crippen LogP contribution is 2.37. The van der Waals surface area contributed by atoms with Crippen molar-refractivity contribution in [1.82, 2.24) is 9.97 Å². The lowest BCUT2D eigenvalue weighted by molar-refractivity contribution is 0.271. The zero-order valence-corrected chi connectivity index (χ0v) is 11.3. The van der Waals surface area contributed by atoms with E-state index in [4.69, 9.17) is 5.73 Å². The van der Waals surface area contributed by atoms with Gasteiger partial charge in [-0.05, 0) is 49.3 Å². The van der Waals surface area contributed by atoms with Gasteiger partial charge in [-0.1, -0.05) is 0 Å². The maximum absolute atomic E-state index is 13.2. The quantitative estimate of drug-likeness (QED) is 0.838. The molecule has 0 amide bonds. The van der Waals surface area contributed by atoms with Crippen molar-refractivity contribution < 1.29 is 4.39 Å². The highest BCUT2D eigenvalue weighted by Gasteiger charge is 2.37. The molecule has 3 N–H and O–H groups in total. The fourth-order valence-corrected chi connectivity index (χ4v) is 3.76. The van der Waals surface area contributed by atoms with E-state index in [2.05, 4.69) is 14.9 Å². The first kappa shape index (κ1) is 12.1. The molecule has 1 aliphatic heterocycles. The number of nitrogens with one attached hydrogen (secondary N) is 1. The van der Waals surface area contributed by atoms with Gasteiger partial charge in [0.2, 0.25) is 5.95 Å². The first-order valence-electron chi connectivity index (χ1n) is 7.35. The second-order valence-electron chi connectivity index (χ2n) is 6.22. The van der Waals surface area contributed by atoms with Crippen molar-refractivity contribution in [2.24, 2.45) is 17.6 Å². The number of anilines is 1. The minimum Gasteiger partial charge on any atom is -0.342 e. The number of aromatic nitrogens is 2. The number of benzene rings is 1. The van der Waals surface area contributed by atoms with Crippen LogP contribution in [0.25, 0.3) is 11.0 Å². The predicted molar refractivity (Wildman–Crippen MR) is 77.1 cm³/mol. The minimum atomic E-state index is -0.228. The molecule has 0 radical (unpaired) electrons. The van der Waals surface area contributed by atoms with E-state index in [9.17, 15) is 4.39 Å². The van der Waals surface area contributed by atoms with E-state index in [1.54, 1.807) is 6.07 Å². The number of hydrogen-bond donors (Lipinski definition) is 2. The van der Waals surface area contributed by atoms with E-state index in [0.29, 0.717) is 12.0 Å². The molecule has 3 atom stereocenters. The lowest BCUT2D eigenvalue weighted by atomic mass is 9.79. The highest BCUT2D eigenvalue weighted by atomic mass is 19.1. The number of aromatic amines is 1. The van der Waals surface area contributed by atoms with Gasteiger partial charge in [0.25, 0.3) is 0 Å². The Morgan fingerprint density at radius 2 is 2.10 bits per heavy atom. The molecule has 1 saturated heterocycles. The van der Waals surface area contributed by atoms with Gasteiger partial charge >= 0.3 is 0 Å². The first-order valence-corrected chi connectivity index (χ1v) is 7.35. The van der Waals surface area contributed by atoms with Crippen LogP contribution in [-0.2, 0) is 0 Å². The number of nitrogens with zero attached hydrogens (tertiary/aromatic N) is 2. The van der Waals surface area contributed by atoms with Crippen LogP contribution in [-0.4, -0.2) is 29.1 Å². The van der Waals surface area contributed by atoms with Crippen LogP contribution in [0.15, 0.2) is 18.2 Å². The second kappa shape index (κ2) is 4.45. The summed E-state index contributed by atoms with van der Waals surface area (Å²) in [5.41, 5.74) is 7.67. The van der Waals surface area contributed by atoms with E-state index in [1.165, 1.54) is 18.6 Å². The Kier molecular flexibility index (Phi) is 2.70. The highest BCUT2D eigenvalue weighted by molar-refractivity contribution is 5.77. The number of hydrogen-bond acceptors (Lipinski definition) is 3. The Labute approximate surface area is 117 Å². The number of H-pyrrole nitrogens is 1. The third kappa shape index (κ3) is 1.97. The van der Waals surface area contributed by atoms with Gasteiger partial charge in [0.1, 0.15) is 5.82 Å². The van der Waals surface area contributed by atoms with Crippen molar-refractivity contribution in [1.29, 1.82) is 0 Å². The summed E-state index contributed by atoms with van der Waals surface area (Å²) in [4.78, 5) is 10.1. The Hall–Kier alpha value is -1.62. The maximum Gasteiger partial charge on any atom is 0.203 e. The van der Waals surface area contributed by atoms with Gasteiger partial charge in [-0.25, -0.2) is 9.37 Å².